The first-order chi connectivity index (χ1) is 9.34. The van der Waals surface area contributed by atoms with E-state index in [0.29, 0.717) is 17.1 Å². The maximum absolute atomic E-state index is 5.95. The zero-order valence-electron chi connectivity index (χ0n) is 10.1. The van der Waals surface area contributed by atoms with Gasteiger partial charge in [-0.1, -0.05) is 18.2 Å². The second-order valence-corrected chi connectivity index (χ2v) is 3.97. The van der Waals surface area contributed by atoms with E-state index in [1.54, 1.807) is 31.0 Å². The van der Waals surface area contributed by atoms with Gasteiger partial charge in [-0.25, -0.2) is 4.98 Å². The van der Waals surface area contributed by atoms with Crippen LogP contribution in [0.3, 0.4) is 0 Å². The maximum atomic E-state index is 5.95. The Morgan fingerprint density at radius 3 is 2.37 bits per heavy atom. The quantitative estimate of drug-likeness (QED) is 0.704. The van der Waals surface area contributed by atoms with Crippen LogP contribution in [0.4, 0.5) is 5.69 Å². The van der Waals surface area contributed by atoms with Crippen LogP contribution in [-0.4, -0.2) is 19.9 Å². The van der Waals surface area contributed by atoms with Gasteiger partial charge in [-0.05, 0) is 6.07 Å². The molecule has 0 amide bonds. The smallest absolute Gasteiger partial charge is 0.109 e. The Morgan fingerprint density at radius 1 is 0.789 bits per heavy atom. The third-order valence-electron chi connectivity index (χ3n) is 2.70. The van der Waals surface area contributed by atoms with Gasteiger partial charge in [0.1, 0.15) is 11.4 Å². The molecule has 0 aliphatic carbocycles. The van der Waals surface area contributed by atoms with Gasteiger partial charge in [0, 0.05) is 23.6 Å². The van der Waals surface area contributed by atoms with Crippen molar-refractivity contribution in [3.63, 3.8) is 0 Å². The number of aromatic nitrogens is 4. The van der Waals surface area contributed by atoms with E-state index in [2.05, 4.69) is 19.9 Å². The van der Waals surface area contributed by atoms with E-state index >= 15 is 0 Å². The summed E-state index contributed by atoms with van der Waals surface area (Å²) in [5, 5.41) is 0. The van der Waals surface area contributed by atoms with E-state index in [4.69, 9.17) is 5.73 Å². The van der Waals surface area contributed by atoms with Crippen LogP contribution < -0.4 is 5.73 Å². The third kappa shape index (κ3) is 2.26. The molecule has 2 N–H and O–H groups in total. The van der Waals surface area contributed by atoms with Crippen LogP contribution in [-0.2, 0) is 0 Å². The van der Waals surface area contributed by atoms with Crippen molar-refractivity contribution in [2.45, 2.75) is 0 Å². The molecule has 2 heterocycles. The zero-order valence-corrected chi connectivity index (χ0v) is 10.1. The van der Waals surface area contributed by atoms with E-state index in [9.17, 15) is 0 Å². The molecule has 0 atom stereocenters. The lowest BCUT2D eigenvalue weighted by molar-refractivity contribution is 1.14. The molecule has 3 aromatic rings. The summed E-state index contributed by atoms with van der Waals surface area (Å²) in [5.41, 5.74) is 9.57. The van der Waals surface area contributed by atoms with Gasteiger partial charge < -0.3 is 5.73 Å². The fourth-order valence-corrected chi connectivity index (χ4v) is 1.78. The Kier molecular flexibility index (Phi) is 2.86. The molecule has 5 heteroatoms. The largest absolute Gasteiger partial charge is 0.398 e. The molecule has 0 aliphatic rings. The number of rotatable bonds is 2. The SMILES string of the molecule is Nc1ccccc1-c1cncc(-c2cnccn2)n1. The van der Waals surface area contributed by atoms with Gasteiger partial charge in [-0.2, -0.15) is 0 Å². The fraction of sp³-hybridized carbons (Fsp3) is 0. The Labute approximate surface area is 110 Å². The van der Waals surface area contributed by atoms with Crippen LogP contribution in [0, 0.1) is 0 Å². The predicted molar refractivity (Wildman–Crippen MR) is 72.9 cm³/mol. The topological polar surface area (TPSA) is 77.6 Å². The zero-order chi connectivity index (χ0) is 13.1. The van der Waals surface area contributed by atoms with E-state index in [0.717, 1.165) is 11.3 Å². The number of benzene rings is 1. The van der Waals surface area contributed by atoms with Gasteiger partial charge in [0.25, 0.3) is 0 Å². The summed E-state index contributed by atoms with van der Waals surface area (Å²) in [7, 11) is 0. The lowest BCUT2D eigenvalue weighted by Gasteiger charge is -2.05. The maximum Gasteiger partial charge on any atom is 0.109 e. The Morgan fingerprint density at radius 2 is 1.58 bits per heavy atom. The molecule has 19 heavy (non-hydrogen) atoms. The minimum Gasteiger partial charge on any atom is -0.398 e. The normalized spacial score (nSPS) is 10.3. The second kappa shape index (κ2) is 4.81. The molecule has 0 aliphatic heterocycles. The molecule has 0 spiro atoms. The molecular weight excluding hydrogens is 238 g/mol. The monoisotopic (exact) mass is 249 g/mol. The molecule has 0 unspecified atom stereocenters. The van der Waals surface area contributed by atoms with Crippen molar-refractivity contribution < 1.29 is 0 Å². The first-order valence-electron chi connectivity index (χ1n) is 5.78. The van der Waals surface area contributed by atoms with E-state index in [1.807, 2.05) is 24.3 Å². The van der Waals surface area contributed by atoms with Crippen LogP contribution in [0.15, 0.2) is 55.2 Å². The van der Waals surface area contributed by atoms with Crippen LogP contribution in [0.5, 0.6) is 0 Å². The molecule has 2 aromatic heterocycles. The van der Waals surface area contributed by atoms with Crippen molar-refractivity contribution in [2.24, 2.45) is 0 Å². The second-order valence-electron chi connectivity index (χ2n) is 3.97. The van der Waals surface area contributed by atoms with Crippen molar-refractivity contribution in [1.29, 1.82) is 0 Å². The van der Waals surface area contributed by atoms with Gasteiger partial charge in [0.15, 0.2) is 0 Å². The highest BCUT2D eigenvalue weighted by atomic mass is 14.9. The summed E-state index contributed by atoms with van der Waals surface area (Å²) in [5.74, 6) is 0. The first-order valence-corrected chi connectivity index (χ1v) is 5.78. The molecule has 5 nitrogen and oxygen atoms in total. The predicted octanol–water partition coefficient (Wildman–Crippen LogP) is 2.18. The van der Waals surface area contributed by atoms with Gasteiger partial charge >= 0.3 is 0 Å². The van der Waals surface area contributed by atoms with E-state index in [1.165, 1.54) is 0 Å². The molecule has 0 radical (unpaired) electrons. The van der Waals surface area contributed by atoms with Crippen molar-refractivity contribution in [3.05, 3.63) is 55.2 Å². The summed E-state index contributed by atoms with van der Waals surface area (Å²) < 4.78 is 0. The van der Waals surface area contributed by atoms with Crippen molar-refractivity contribution in [2.75, 3.05) is 5.73 Å². The number of nitrogen functional groups attached to an aromatic ring is 1. The number of hydrogen-bond acceptors (Lipinski definition) is 5. The lowest BCUT2D eigenvalue weighted by Crippen LogP contribution is -1.95. The lowest BCUT2D eigenvalue weighted by atomic mass is 10.1. The van der Waals surface area contributed by atoms with Gasteiger partial charge in [-0.3, -0.25) is 15.0 Å². The summed E-state index contributed by atoms with van der Waals surface area (Å²) >= 11 is 0. The highest BCUT2D eigenvalue weighted by molar-refractivity contribution is 5.74. The molecule has 92 valence electrons. The summed E-state index contributed by atoms with van der Waals surface area (Å²) in [4.78, 5) is 17.0. The number of para-hydroxylation sites is 1. The summed E-state index contributed by atoms with van der Waals surface area (Å²) in [6, 6.07) is 7.56. The van der Waals surface area contributed by atoms with E-state index < -0.39 is 0 Å². The Balaban J connectivity index is 2.09. The van der Waals surface area contributed by atoms with Crippen molar-refractivity contribution in [3.8, 4) is 22.6 Å². The Hall–Kier alpha value is -2.82. The minimum absolute atomic E-state index is 0.674. The van der Waals surface area contributed by atoms with Gasteiger partial charge in [0.2, 0.25) is 0 Å². The van der Waals surface area contributed by atoms with Crippen molar-refractivity contribution >= 4 is 5.69 Å². The summed E-state index contributed by atoms with van der Waals surface area (Å²) in [6.07, 6.45) is 8.25. The third-order valence-corrected chi connectivity index (χ3v) is 2.70. The van der Waals surface area contributed by atoms with Crippen molar-refractivity contribution in [1.82, 2.24) is 19.9 Å². The average molecular weight is 249 g/mol. The molecule has 0 fully saturated rings. The molecule has 0 saturated carbocycles. The van der Waals surface area contributed by atoms with Gasteiger partial charge in [-0.15, -0.1) is 0 Å². The number of hydrogen-bond donors (Lipinski definition) is 1. The molecular formula is C14H11N5. The minimum atomic E-state index is 0.674. The fourth-order valence-electron chi connectivity index (χ4n) is 1.78. The standard InChI is InChI=1S/C14H11N5/c15-11-4-2-1-3-10(11)12-7-17-9-14(19-12)13-8-16-5-6-18-13/h1-9H,15H2. The van der Waals surface area contributed by atoms with Gasteiger partial charge in [0.05, 0.1) is 24.3 Å². The summed E-state index contributed by atoms with van der Waals surface area (Å²) in [6.45, 7) is 0. The molecule has 0 saturated heterocycles. The first kappa shape index (κ1) is 11.3. The molecule has 1 aromatic carbocycles. The number of nitrogens with zero attached hydrogens (tertiary/aromatic N) is 4. The van der Waals surface area contributed by atoms with E-state index in [-0.39, 0.29) is 0 Å². The van der Waals surface area contributed by atoms with Crippen LogP contribution in [0.2, 0.25) is 0 Å². The van der Waals surface area contributed by atoms with Crippen LogP contribution >= 0.6 is 0 Å². The average Bonchev–Trinajstić information content (AvgIpc) is 2.49. The Bertz CT molecular complexity index is 697. The number of nitrogens with two attached hydrogens (primary N) is 1. The molecule has 0 bridgehead atoms. The highest BCUT2D eigenvalue weighted by Gasteiger charge is 2.07. The van der Waals surface area contributed by atoms with Crippen LogP contribution in [0.1, 0.15) is 0 Å². The highest BCUT2D eigenvalue weighted by Crippen LogP contribution is 2.24. The number of anilines is 1. The van der Waals surface area contributed by atoms with Crippen LogP contribution in [0.25, 0.3) is 22.6 Å². The molecule has 3 rings (SSSR count).